The molecule has 1 amide bonds. The summed E-state index contributed by atoms with van der Waals surface area (Å²) in [6.07, 6.45) is 13.7. The molecule has 2 aromatic heterocycles. The summed E-state index contributed by atoms with van der Waals surface area (Å²) in [5, 5.41) is 9.65. The smallest absolute Gasteiger partial charge is 0.236 e. The maximum Gasteiger partial charge on any atom is 0.236 e. The zero-order valence-electron chi connectivity index (χ0n) is 18.3. The van der Waals surface area contributed by atoms with Gasteiger partial charge in [0.25, 0.3) is 0 Å². The zero-order valence-corrected chi connectivity index (χ0v) is 19.1. The predicted molar refractivity (Wildman–Crippen MR) is 119 cm³/mol. The van der Waals surface area contributed by atoms with Gasteiger partial charge in [0, 0.05) is 18.6 Å². The zero-order chi connectivity index (χ0) is 20.9. The van der Waals surface area contributed by atoms with Gasteiger partial charge in [0.1, 0.15) is 0 Å². The number of amides is 1. The van der Waals surface area contributed by atoms with Crippen molar-refractivity contribution in [3.63, 3.8) is 0 Å². The third-order valence-electron chi connectivity index (χ3n) is 6.62. The van der Waals surface area contributed by atoms with E-state index in [1.54, 1.807) is 18.0 Å². The Morgan fingerprint density at radius 1 is 1.17 bits per heavy atom. The van der Waals surface area contributed by atoms with Gasteiger partial charge in [-0.05, 0) is 51.7 Å². The lowest BCUT2D eigenvalue weighted by Crippen LogP contribution is -2.44. The molecule has 2 saturated carbocycles. The summed E-state index contributed by atoms with van der Waals surface area (Å²) in [4.78, 5) is 15.4. The second-order valence-electron chi connectivity index (χ2n) is 8.62. The first-order valence-corrected chi connectivity index (χ1v) is 12.5. The van der Waals surface area contributed by atoms with Crippen LogP contribution in [0.5, 0.6) is 0 Å². The van der Waals surface area contributed by atoms with Gasteiger partial charge in [0.15, 0.2) is 10.9 Å². The lowest BCUT2D eigenvalue weighted by molar-refractivity contribution is -0.133. The van der Waals surface area contributed by atoms with E-state index >= 15 is 0 Å². The molecule has 1 atom stereocenters. The highest BCUT2D eigenvalue weighted by atomic mass is 32.2. The van der Waals surface area contributed by atoms with E-state index in [4.69, 9.17) is 4.42 Å². The lowest BCUT2D eigenvalue weighted by atomic mass is 9.94. The minimum atomic E-state index is -0.178. The Hall–Kier alpha value is -1.76. The van der Waals surface area contributed by atoms with Gasteiger partial charge in [-0.1, -0.05) is 50.3 Å². The molecule has 164 valence electrons. The van der Waals surface area contributed by atoms with Gasteiger partial charge in [-0.3, -0.25) is 9.36 Å². The Morgan fingerprint density at radius 3 is 2.50 bits per heavy atom. The molecule has 0 N–H and O–H groups in total. The largest absolute Gasteiger partial charge is 0.461 e. The maximum atomic E-state index is 13.3. The fourth-order valence-electron chi connectivity index (χ4n) is 5.03. The van der Waals surface area contributed by atoms with Crippen molar-refractivity contribution in [3.8, 4) is 11.6 Å². The summed E-state index contributed by atoms with van der Waals surface area (Å²) < 4.78 is 7.88. The van der Waals surface area contributed by atoms with Crippen LogP contribution in [-0.2, 0) is 4.79 Å². The van der Waals surface area contributed by atoms with Gasteiger partial charge in [-0.2, -0.15) is 0 Å². The minimum absolute atomic E-state index is 0.178. The normalized spacial score (nSPS) is 19.7. The van der Waals surface area contributed by atoms with Crippen molar-refractivity contribution in [2.75, 3.05) is 6.54 Å². The van der Waals surface area contributed by atoms with Gasteiger partial charge in [0.05, 0.1) is 11.5 Å². The molecular formula is C23H34N4O2S. The number of carbonyl (C=O) groups excluding carboxylic acids is 1. The number of thioether (sulfide) groups is 1. The Balaban J connectivity index is 1.55. The van der Waals surface area contributed by atoms with E-state index in [2.05, 4.69) is 26.6 Å². The molecular weight excluding hydrogens is 396 g/mol. The van der Waals surface area contributed by atoms with Crippen LogP contribution in [0.25, 0.3) is 11.6 Å². The van der Waals surface area contributed by atoms with Crippen molar-refractivity contribution in [1.29, 1.82) is 0 Å². The number of nitrogens with zero attached hydrogens (tertiary/aromatic N) is 4. The molecule has 2 aliphatic carbocycles. The fourth-order valence-corrected chi connectivity index (χ4v) is 6.02. The SMILES string of the molecule is CCN(C(=O)C(C)Sc1nnc(-c2ccco2)n1C1CCCCC1)C1CCCCC1. The van der Waals surface area contributed by atoms with Crippen LogP contribution in [-0.4, -0.2) is 43.4 Å². The minimum Gasteiger partial charge on any atom is -0.461 e. The molecule has 30 heavy (non-hydrogen) atoms. The molecule has 0 bridgehead atoms. The molecule has 0 aromatic carbocycles. The van der Waals surface area contributed by atoms with E-state index in [1.165, 1.54) is 38.5 Å². The first kappa shape index (κ1) is 21.5. The molecule has 2 heterocycles. The van der Waals surface area contributed by atoms with Crippen LogP contribution in [0, 0.1) is 0 Å². The van der Waals surface area contributed by atoms with Crippen LogP contribution in [0.4, 0.5) is 0 Å². The molecule has 4 rings (SSSR count). The van der Waals surface area contributed by atoms with E-state index in [1.807, 2.05) is 19.1 Å². The van der Waals surface area contributed by atoms with Gasteiger partial charge < -0.3 is 9.32 Å². The third kappa shape index (κ3) is 4.61. The Bertz CT molecular complexity index is 807. The number of rotatable bonds is 7. The molecule has 2 fully saturated rings. The predicted octanol–water partition coefficient (Wildman–Crippen LogP) is 5.71. The molecule has 7 heteroatoms. The van der Waals surface area contributed by atoms with Crippen molar-refractivity contribution in [2.24, 2.45) is 0 Å². The first-order valence-electron chi connectivity index (χ1n) is 11.6. The Labute approximate surface area is 183 Å². The van der Waals surface area contributed by atoms with Crippen LogP contribution in [0.3, 0.4) is 0 Å². The lowest BCUT2D eigenvalue weighted by Gasteiger charge is -2.35. The number of hydrogen-bond donors (Lipinski definition) is 0. The summed E-state index contributed by atoms with van der Waals surface area (Å²) in [6, 6.07) is 4.60. The van der Waals surface area contributed by atoms with E-state index in [9.17, 15) is 4.79 Å². The average molecular weight is 431 g/mol. The van der Waals surface area contributed by atoms with Gasteiger partial charge in [-0.15, -0.1) is 10.2 Å². The molecule has 6 nitrogen and oxygen atoms in total. The molecule has 0 spiro atoms. The molecule has 2 aliphatic rings. The number of hydrogen-bond acceptors (Lipinski definition) is 5. The number of carbonyl (C=O) groups is 1. The second kappa shape index (κ2) is 10.0. The van der Waals surface area contributed by atoms with Crippen LogP contribution in [0.1, 0.15) is 84.1 Å². The Morgan fingerprint density at radius 2 is 1.87 bits per heavy atom. The molecule has 1 unspecified atom stereocenters. The second-order valence-corrected chi connectivity index (χ2v) is 9.93. The van der Waals surface area contributed by atoms with Crippen molar-refractivity contribution >= 4 is 17.7 Å². The van der Waals surface area contributed by atoms with Crippen molar-refractivity contribution in [1.82, 2.24) is 19.7 Å². The summed E-state index contributed by atoms with van der Waals surface area (Å²) in [5.74, 6) is 1.76. The van der Waals surface area contributed by atoms with Crippen molar-refractivity contribution in [3.05, 3.63) is 18.4 Å². The molecule has 0 aliphatic heterocycles. The van der Waals surface area contributed by atoms with Crippen molar-refractivity contribution in [2.45, 2.75) is 101 Å². The van der Waals surface area contributed by atoms with E-state index in [0.717, 1.165) is 49.0 Å². The maximum absolute atomic E-state index is 13.3. The summed E-state index contributed by atoms with van der Waals surface area (Å²) >= 11 is 1.55. The quantitative estimate of drug-likeness (QED) is 0.527. The van der Waals surface area contributed by atoms with E-state index in [-0.39, 0.29) is 11.2 Å². The topological polar surface area (TPSA) is 64.2 Å². The first-order chi connectivity index (χ1) is 14.7. The van der Waals surface area contributed by atoms with Crippen LogP contribution < -0.4 is 0 Å². The summed E-state index contributed by atoms with van der Waals surface area (Å²) in [7, 11) is 0. The standard InChI is InChI=1S/C23H34N4O2S/c1-3-26(18-11-6-4-7-12-18)22(28)17(2)30-23-25-24-21(20-15-10-16-29-20)27(23)19-13-8-5-9-14-19/h10,15-19H,3-9,11-14H2,1-2H3. The highest BCUT2D eigenvalue weighted by Gasteiger charge is 2.31. The van der Waals surface area contributed by atoms with Gasteiger partial charge in [-0.25, -0.2) is 0 Å². The van der Waals surface area contributed by atoms with Crippen LogP contribution >= 0.6 is 11.8 Å². The highest BCUT2D eigenvalue weighted by molar-refractivity contribution is 8.00. The third-order valence-corrected chi connectivity index (χ3v) is 7.66. The number of aromatic nitrogens is 3. The summed E-state index contributed by atoms with van der Waals surface area (Å²) in [5.41, 5.74) is 0. The Kier molecular flexibility index (Phi) is 7.18. The van der Waals surface area contributed by atoms with E-state index < -0.39 is 0 Å². The summed E-state index contributed by atoms with van der Waals surface area (Å²) in [6.45, 7) is 4.90. The molecule has 2 aromatic rings. The molecule has 0 radical (unpaired) electrons. The van der Waals surface area contributed by atoms with E-state index in [0.29, 0.717) is 12.1 Å². The number of furan rings is 1. The highest BCUT2D eigenvalue weighted by Crippen LogP contribution is 2.37. The monoisotopic (exact) mass is 430 g/mol. The average Bonchev–Trinajstić information content (AvgIpc) is 3.45. The van der Waals surface area contributed by atoms with Gasteiger partial charge in [0.2, 0.25) is 11.7 Å². The van der Waals surface area contributed by atoms with Crippen LogP contribution in [0.15, 0.2) is 28.0 Å². The molecule has 0 saturated heterocycles. The van der Waals surface area contributed by atoms with Gasteiger partial charge >= 0.3 is 0 Å². The van der Waals surface area contributed by atoms with Crippen molar-refractivity contribution < 1.29 is 9.21 Å². The van der Waals surface area contributed by atoms with Crippen LogP contribution in [0.2, 0.25) is 0 Å². The fraction of sp³-hybridized carbons (Fsp3) is 0.696.